The van der Waals surface area contributed by atoms with Crippen molar-refractivity contribution in [3.63, 3.8) is 0 Å². The molecule has 0 aliphatic heterocycles. The largest absolute Gasteiger partial charge is 0.459 e. The number of hydrogen-bond donors (Lipinski definition) is 2. The molecule has 3 rings (SSSR count). The summed E-state index contributed by atoms with van der Waals surface area (Å²) in [6.45, 7) is 0. The number of oxazole rings is 1. The Labute approximate surface area is 100 Å². The summed E-state index contributed by atoms with van der Waals surface area (Å²) in [5, 5.41) is 2.64. The second-order valence-electron chi connectivity index (χ2n) is 3.62. The molecule has 0 bridgehead atoms. The third kappa shape index (κ3) is 1.69. The second-order valence-corrected chi connectivity index (χ2v) is 3.62. The first-order valence-corrected chi connectivity index (χ1v) is 5.21. The second kappa shape index (κ2) is 3.92. The van der Waals surface area contributed by atoms with Crippen LogP contribution >= 0.6 is 0 Å². The molecule has 0 aliphatic rings. The van der Waals surface area contributed by atoms with Gasteiger partial charge in [0.1, 0.15) is 5.52 Å². The van der Waals surface area contributed by atoms with E-state index >= 15 is 0 Å². The van der Waals surface area contributed by atoms with Gasteiger partial charge in [0.2, 0.25) is 0 Å². The molecule has 0 aliphatic carbocycles. The summed E-state index contributed by atoms with van der Waals surface area (Å²) in [6, 6.07) is 8.14. The fraction of sp³-hybridized carbons (Fsp3) is 0. The maximum absolute atomic E-state index is 11.8. The molecule has 2 aromatic heterocycles. The Kier molecular flexibility index (Phi) is 2.26. The first-order chi connectivity index (χ1) is 8.74. The van der Waals surface area contributed by atoms with Crippen LogP contribution in [0, 0.1) is 0 Å². The molecule has 0 spiro atoms. The third-order valence-corrected chi connectivity index (χ3v) is 2.45. The van der Waals surface area contributed by atoms with Gasteiger partial charge in [-0.05, 0) is 24.3 Å². The lowest BCUT2D eigenvalue weighted by Gasteiger charge is -2.03. The van der Waals surface area contributed by atoms with Crippen LogP contribution in [0.25, 0.3) is 11.1 Å². The molecule has 0 unspecified atom stereocenters. The first-order valence-electron chi connectivity index (χ1n) is 5.21. The van der Waals surface area contributed by atoms with Gasteiger partial charge in [-0.3, -0.25) is 9.78 Å². The number of aromatic nitrogens is 1. The number of carbonyl (C=O) groups is 1. The molecule has 2 N–H and O–H groups in total. The Morgan fingerprint density at radius 1 is 1.22 bits per heavy atom. The zero-order chi connectivity index (χ0) is 12.5. The Balaban J connectivity index is 2.00. The summed E-state index contributed by atoms with van der Waals surface area (Å²) in [6.07, 6.45) is 1.41. The van der Waals surface area contributed by atoms with Crippen LogP contribution in [0.15, 0.2) is 50.2 Å². The summed E-state index contributed by atoms with van der Waals surface area (Å²) >= 11 is 0. The highest BCUT2D eigenvalue weighted by molar-refractivity contribution is 6.06. The van der Waals surface area contributed by atoms with Crippen molar-refractivity contribution in [3.8, 4) is 0 Å². The molecular weight excluding hydrogens is 236 g/mol. The highest BCUT2D eigenvalue weighted by Gasteiger charge is 2.12. The van der Waals surface area contributed by atoms with E-state index in [-0.39, 0.29) is 5.76 Å². The van der Waals surface area contributed by atoms with Crippen LogP contribution in [0.3, 0.4) is 0 Å². The normalized spacial score (nSPS) is 10.7. The summed E-state index contributed by atoms with van der Waals surface area (Å²) in [4.78, 5) is 25.4. The average molecular weight is 244 g/mol. The standard InChI is InChI=1S/C12H8N2O4/c15-11(9-5-2-6-17-9)13-7-3-1-4-8-10(7)14-12(16)18-8/h1-6H,(H,13,15)(H,14,16). The Bertz CT molecular complexity index is 752. The number of furan rings is 1. The Morgan fingerprint density at radius 3 is 2.89 bits per heavy atom. The summed E-state index contributed by atoms with van der Waals surface area (Å²) in [5.74, 6) is -0.767. The quantitative estimate of drug-likeness (QED) is 0.721. The number of carbonyl (C=O) groups excluding carboxylic acids is 1. The molecule has 1 aromatic carbocycles. The van der Waals surface area contributed by atoms with E-state index < -0.39 is 11.7 Å². The van der Waals surface area contributed by atoms with Gasteiger partial charge in [0.25, 0.3) is 5.91 Å². The van der Waals surface area contributed by atoms with Crippen molar-refractivity contribution in [2.24, 2.45) is 0 Å². The third-order valence-electron chi connectivity index (χ3n) is 2.45. The van der Waals surface area contributed by atoms with E-state index in [1.807, 2.05) is 0 Å². The van der Waals surface area contributed by atoms with Crippen LogP contribution in [-0.2, 0) is 0 Å². The topological polar surface area (TPSA) is 88.2 Å². The van der Waals surface area contributed by atoms with Gasteiger partial charge in [-0.15, -0.1) is 0 Å². The van der Waals surface area contributed by atoms with Crippen LogP contribution < -0.4 is 11.1 Å². The van der Waals surface area contributed by atoms with Crippen LogP contribution in [0.2, 0.25) is 0 Å². The number of benzene rings is 1. The van der Waals surface area contributed by atoms with E-state index in [9.17, 15) is 9.59 Å². The predicted molar refractivity (Wildman–Crippen MR) is 63.5 cm³/mol. The van der Waals surface area contributed by atoms with Gasteiger partial charge in [0, 0.05) is 0 Å². The fourth-order valence-corrected chi connectivity index (χ4v) is 1.67. The lowest BCUT2D eigenvalue weighted by molar-refractivity contribution is 0.0997. The van der Waals surface area contributed by atoms with Gasteiger partial charge in [-0.1, -0.05) is 6.07 Å². The van der Waals surface area contributed by atoms with Crippen molar-refractivity contribution >= 4 is 22.7 Å². The van der Waals surface area contributed by atoms with Gasteiger partial charge < -0.3 is 14.2 Å². The number of H-pyrrole nitrogens is 1. The Morgan fingerprint density at radius 2 is 2.11 bits per heavy atom. The number of amides is 1. The van der Waals surface area contributed by atoms with Crippen molar-refractivity contribution in [2.45, 2.75) is 0 Å². The van der Waals surface area contributed by atoms with E-state index in [4.69, 9.17) is 8.83 Å². The number of para-hydroxylation sites is 1. The smallest absolute Gasteiger partial charge is 0.417 e. The Hall–Kier alpha value is -2.76. The minimum absolute atomic E-state index is 0.192. The molecule has 0 radical (unpaired) electrons. The van der Waals surface area contributed by atoms with Crippen LogP contribution in [0.1, 0.15) is 10.6 Å². The molecule has 2 heterocycles. The van der Waals surface area contributed by atoms with Crippen LogP contribution in [0.5, 0.6) is 0 Å². The highest BCUT2D eigenvalue weighted by atomic mass is 16.4. The van der Waals surface area contributed by atoms with E-state index in [0.29, 0.717) is 16.8 Å². The van der Waals surface area contributed by atoms with Crippen LogP contribution in [-0.4, -0.2) is 10.9 Å². The molecule has 0 saturated carbocycles. The van der Waals surface area contributed by atoms with E-state index in [0.717, 1.165) is 0 Å². The molecule has 6 heteroatoms. The monoisotopic (exact) mass is 244 g/mol. The van der Waals surface area contributed by atoms with Crippen molar-refractivity contribution in [1.29, 1.82) is 0 Å². The van der Waals surface area contributed by atoms with Crippen molar-refractivity contribution in [3.05, 3.63) is 52.9 Å². The van der Waals surface area contributed by atoms with Gasteiger partial charge in [-0.2, -0.15) is 0 Å². The predicted octanol–water partition coefficient (Wildman–Crippen LogP) is 1.97. The molecule has 0 fully saturated rings. The number of aromatic amines is 1. The minimum Gasteiger partial charge on any atom is -0.459 e. The lowest BCUT2D eigenvalue weighted by Crippen LogP contribution is -2.11. The van der Waals surface area contributed by atoms with Gasteiger partial charge in [0.05, 0.1) is 12.0 Å². The maximum atomic E-state index is 11.8. The minimum atomic E-state index is -0.565. The van der Waals surface area contributed by atoms with E-state index in [1.165, 1.54) is 6.26 Å². The molecule has 1 amide bonds. The van der Waals surface area contributed by atoms with E-state index in [2.05, 4.69) is 10.3 Å². The zero-order valence-electron chi connectivity index (χ0n) is 9.10. The zero-order valence-corrected chi connectivity index (χ0v) is 9.10. The number of fused-ring (bicyclic) bond motifs is 1. The molecule has 90 valence electrons. The fourth-order valence-electron chi connectivity index (χ4n) is 1.67. The van der Waals surface area contributed by atoms with Crippen molar-refractivity contribution in [2.75, 3.05) is 5.32 Å². The SMILES string of the molecule is O=C(Nc1cccc2oc(=O)[nH]c12)c1ccco1. The van der Waals surface area contributed by atoms with Crippen LogP contribution in [0.4, 0.5) is 5.69 Å². The van der Waals surface area contributed by atoms with Gasteiger partial charge in [0.15, 0.2) is 11.3 Å². The summed E-state index contributed by atoms with van der Waals surface area (Å²) in [7, 11) is 0. The van der Waals surface area contributed by atoms with Crippen molar-refractivity contribution < 1.29 is 13.6 Å². The molecule has 0 saturated heterocycles. The summed E-state index contributed by atoms with van der Waals surface area (Å²) in [5.41, 5.74) is 1.29. The number of hydrogen-bond acceptors (Lipinski definition) is 4. The van der Waals surface area contributed by atoms with Crippen molar-refractivity contribution in [1.82, 2.24) is 4.98 Å². The molecule has 6 nitrogen and oxygen atoms in total. The molecule has 0 atom stereocenters. The number of nitrogens with one attached hydrogen (secondary N) is 2. The van der Waals surface area contributed by atoms with Gasteiger partial charge in [-0.25, -0.2) is 4.79 Å². The maximum Gasteiger partial charge on any atom is 0.417 e. The van der Waals surface area contributed by atoms with Gasteiger partial charge >= 0.3 is 5.76 Å². The summed E-state index contributed by atoms with van der Waals surface area (Å²) < 4.78 is 9.87. The number of rotatable bonds is 2. The number of anilines is 1. The highest BCUT2D eigenvalue weighted by Crippen LogP contribution is 2.20. The molecule has 18 heavy (non-hydrogen) atoms. The average Bonchev–Trinajstić information content (AvgIpc) is 2.96. The molecular formula is C12H8N2O4. The lowest BCUT2D eigenvalue weighted by atomic mass is 10.2. The molecule has 3 aromatic rings. The van der Waals surface area contributed by atoms with E-state index in [1.54, 1.807) is 30.3 Å². The first kappa shape index (κ1) is 10.4.